The summed E-state index contributed by atoms with van der Waals surface area (Å²) in [7, 11) is 1.62. The lowest BCUT2D eigenvalue weighted by atomic mass is 10.1. The van der Waals surface area contributed by atoms with Crippen molar-refractivity contribution >= 4 is 28.8 Å². The number of aromatic nitrogens is 2. The maximum Gasteiger partial charge on any atom is 0.435 e. The van der Waals surface area contributed by atoms with E-state index in [1.54, 1.807) is 18.9 Å². The molecule has 1 heterocycles. The Morgan fingerprint density at radius 3 is 2.54 bits per heavy atom. The Bertz CT molecular complexity index is 975. The van der Waals surface area contributed by atoms with E-state index in [9.17, 15) is 4.79 Å². The second kappa shape index (κ2) is 8.37. The second-order valence-electron chi connectivity index (χ2n) is 7.71. The zero-order chi connectivity index (χ0) is 20.3. The molecule has 28 heavy (non-hydrogen) atoms. The highest BCUT2D eigenvalue weighted by molar-refractivity contribution is 7.98. The topological polar surface area (TPSA) is 53.4 Å². The number of fused-ring (bicyclic) bond motifs is 1. The van der Waals surface area contributed by atoms with Crippen LogP contribution in [0.3, 0.4) is 0 Å². The maximum absolute atomic E-state index is 12.8. The van der Waals surface area contributed by atoms with E-state index >= 15 is 0 Å². The van der Waals surface area contributed by atoms with E-state index < -0.39 is 11.7 Å². The summed E-state index contributed by atoms with van der Waals surface area (Å²) in [4.78, 5) is 13.8. The normalized spacial score (nSPS) is 11.8. The highest BCUT2D eigenvalue weighted by Crippen LogP contribution is 2.34. The van der Waals surface area contributed by atoms with Gasteiger partial charge in [-0.15, -0.1) is 11.8 Å². The molecule has 0 N–H and O–H groups in total. The van der Waals surface area contributed by atoms with Crippen LogP contribution in [0.25, 0.3) is 10.9 Å². The average molecular weight is 399 g/mol. The molecule has 1 aromatic heterocycles. The minimum atomic E-state index is -0.598. The first-order chi connectivity index (χ1) is 13.3. The molecule has 0 unspecified atom stereocenters. The number of thioether (sulfide) groups is 1. The Morgan fingerprint density at radius 1 is 1.18 bits per heavy atom. The summed E-state index contributed by atoms with van der Waals surface area (Å²) in [5.41, 5.74) is 3.24. The van der Waals surface area contributed by atoms with Gasteiger partial charge in [0.15, 0.2) is 0 Å². The van der Waals surface area contributed by atoms with E-state index in [0.717, 1.165) is 32.8 Å². The van der Waals surface area contributed by atoms with Gasteiger partial charge < -0.3 is 9.47 Å². The maximum atomic E-state index is 12.8. The van der Waals surface area contributed by atoms with Crippen LogP contribution in [-0.4, -0.2) is 28.6 Å². The molecule has 5 nitrogen and oxygen atoms in total. The van der Waals surface area contributed by atoms with Gasteiger partial charge in [-0.05, 0) is 51.0 Å². The summed E-state index contributed by atoms with van der Waals surface area (Å²) in [6, 6.07) is 14.4. The van der Waals surface area contributed by atoms with Crippen LogP contribution < -0.4 is 0 Å². The van der Waals surface area contributed by atoms with Gasteiger partial charge in [0, 0.05) is 23.1 Å². The van der Waals surface area contributed by atoms with Crippen molar-refractivity contribution < 1.29 is 14.3 Å². The highest BCUT2D eigenvalue weighted by Gasteiger charge is 2.24. The third-order valence-corrected chi connectivity index (χ3v) is 5.15. The largest absolute Gasteiger partial charge is 0.442 e. The lowest BCUT2D eigenvalue weighted by Crippen LogP contribution is -2.28. The molecule has 0 aliphatic carbocycles. The summed E-state index contributed by atoms with van der Waals surface area (Å²) in [6.07, 6.45) is -0.481. The molecule has 6 heteroatoms. The molecule has 0 saturated carbocycles. The molecule has 0 fully saturated rings. The van der Waals surface area contributed by atoms with Crippen LogP contribution in [0.15, 0.2) is 47.4 Å². The number of hydrogen-bond donors (Lipinski definition) is 0. The zero-order valence-electron chi connectivity index (χ0n) is 17.0. The molecule has 0 bridgehead atoms. The summed E-state index contributed by atoms with van der Waals surface area (Å²) >= 11 is 1.69. The Hall–Kier alpha value is -2.31. The molecular weight excluding hydrogens is 372 g/mol. The van der Waals surface area contributed by atoms with Crippen molar-refractivity contribution in [2.24, 2.45) is 0 Å². The van der Waals surface area contributed by atoms with Crippen molar-refractivity contribution in [2.45, 2.75) is 50.6 Å². The summed E-state index contributed by atoms with van der Waals surface area (Å²) in [5, 5.41) is 5.44. The molecular formula is C22H26N2O3S. The fourth-order valence-electron chi connectivity index (χ4n) is 2.93. The van der Waals surface area contributed by atoms with Gasteiger partial charge in [0.1, 0.15) is 5.60 Å². The van der Waals surface area contributed by atoms with Gasteiger partial charge in [0.2, 0.25) is 0 Å². The molecule has 2 aromatic carbocycles. The van der Waals surface area contributed by atoms with Crippen molar-refractivity contribution in [2.75, 3.05) is 7.11 Å². The average Bonchev–Trinajstić information content (AvgIpc) is 2.98. The minimum Gasteiger partial charge on any atom is -0.442 e. The van der Waals surface area contributed by atoms with Gasteiger partial charge >= 0.3 is 6.09 Å². The fraction of sp³-hybridized carbons (Fsp3) is 0.364. The van der Waals surface area contributed by atoms with E-state index in [2.05, 4.69) is 23.3 Å². The predicted octanol–water partition coefficient (Wildman–Crippen LogP) is 5.57. The Morgan fingerprint density at radius 2 is 1.89 bits per heavy atom. The van der Waals surface area contributed by atoms with E-state index in [1.807, 2.05) is 52.0 Å². The number of carbonyl (C=O) groups is 1. The van der Waals surface area contributed by atoms with Gasteiger partial charge in [0.25, 0.3) is 0 Å². The third-order valence-electron chi connectivity index (χ3n) is 4.05. The molecule has 0 aliphatic heterocycles. The van der Waals surface area contributed by atoms with E-state index in [0.29, 0.717) is 6.61 Å². The highest BCUT2D eigenvalue weighted by atomic mass is 32.2. The first kappa shape index (κ1) is 20.4. The first-order valence-corrected chi connectivity index (χ1v) is 10.2. The number of benzene rings is 2. The van der Waals surface area contributed by atoms with Crippen LogP contribution in [0.2, 0.25) is 0 Å². The number of carbonyl (C=O) groups excluding carboxylic acids is 1. The van der Waals surface area contributed by atoms with Gasteiger partial charge in [-0.25, -0.2) is 4.79 Å². The Labute approximate surface area is 170 Å². The van der Waals surface area contributed by atoms with Gasteiger partial charge in [-0.2, -0.15) is 9.78 Å². The van der Waals surface area contributed by atoms with Crippen molar-refractivity contribution in [3.05, 3.63) is 59.3 Å². The van der Waals surface area contributed by atoms with Crippen LogP contribution in [0.5, 0.6) is 0 Å². The summed E-state index contributed by atoms with van der Waals surface area (Å²) < 4.78 is 12.3. The molecule has 0 aliphatic rings. The third kappa shape index (κ3) is 4.75. The van der Waals surface area contributed by atoms with Crippen molar-refractivity contribution in [1.29, 1.82) is 0 Å². The van der Waals surface area contributed by atoms with Crippen LogP contribution in [0.4, 0.5) is 4.79 Å². The molecule has 0 amide bonds. The van der Waals surface area contributed by atoms with Crippen LogP contribution in [0.1, 0.15) is 37.6 Å². The number of ether oxygens (including phenoxy) is 2. The van der Waals surface area contributed by atoms with Gasteiger partial charge in [-0.3, -0.25) is 0 Å². The molecule has 0 spiro atoms. The van der Waals surface area contributed by atoms with Crippen molar-refractivity contribution in [3.8, 4) is 0 Å². The minimum absolute atomic E-state index is 0.332. The molecule has 0 radical (unpaired) electrons. The number of nitrogens with zero attached hydrogens (tertiary/aromatic N) is 2. The monoisotopic (exact) mass is 398 g/mol. The lowest BCUT2D eigenvalue weighted by molar-refractivity contribution is 0.0520. The Balaban J connectivity index is 2.07. The SMILES string of the molecule is COCc1nn(C(=O)OC(C)(C)C)c2c(SCc3ccccc3)cc(C)cc12. The fourth-order valence-corrected chi connectivity index (χ4v) is 4.05. The van der Waals surface area contributed by atoms with E-state index in [1.165, 1.54) is 10.2 Å². The lowest BCUT2D eigenvalue weighted by Gasteiger charge is -2.19. The molecule has 3 aromatic rings. The number of aryl methyl sites for hydroxylation is 1. The smallest absolute Gasteiger partial charge is 0.435 e. The van der Waals surface area contributed by atoms with Crippen molar-refractivity contribution in [1.82, 2.24) is 9.78 Å². The first-order valence-electron chi connectivity index (χ1n) is 9.20. The summed E-state index contributed by atoms with van der Waals surface area (Å²) in [5.74, 6) is 0.804. The Kier molecular flexibility index (Phi) is 6.10. The van der Waals surface area contributed by atoms with Gasteiger partial charge in [0.05, 0.1) is 17.8 Å². The van der Waals surface area contributed by atoms with Crippen LogP contribution in [-0.2, 0) is 21.8 Å². The predicted molar refractivity (Wildman–Crippen MR) is 113 cm³/mol. The van der Waals surface area contributed by atoms with Crippen LogP contribution >= 0.6 is 11.8 Å². The second-order valence-corrected chi connectivity index (χ2v) is 8.72. The number of hydrogen-bond acceptors (Lipinski definition) is 5. The van der Waals surface area contributed by atoms with E-state index in [4.69, 9.17) is 9.47 Å². The number of methoxy groups -OCH3 is 1. The van der Waals surface area contributed by atoms with Crippen molar-refractivity contribution in [3.63, 3.8) is 0 Å². The quantitative estimate of drug-likeness (QED) is 0.526. The molecule has 3 rings (SSSR count). The van der Waals surface area contributed by atoms with E-state index in [-0.39, 0.29) is 0 Å². The number of rotatable bonds is 5. The molecule has 148 valence electrons. The molecule has 0 saturated heterocycles. The van der Waals surface area contributed by atoms with Gasteiger partial charge in [-0.1, -0.05) is 30.3 Å². The summed E-state index contributed by atoms with van der Waals surface area (Å²) in [6.45, 7) is 7.93. The standard InChI is InChI=1S/C22H26N2O3S/c1-15-11-17-18(13-26-5)23-24(21(25)27-22(2,3)4)20(17)19(12-15)28-14-16-9-7-6-8-10-16/h6-12H,13-14H2,1-5H3. The zero-order valence-corrected chi connectivity index (χ0v) is 17.8. The molecule has 0 atom stereocenters. The van der Waals surface area contributed by atoms with Crippen LogP contribution in [0, 0.1) is 6.92 Å².